The van der Waals surface area contributed by atoms with Crippen molar-refractivity contribution in [3.63, 3.8) is 0 Å². The average Bonchev–Trinajstić information content (AvgIpc) is 2.32. The second-order valence-corrected chi connectivity index (χ2v) is 7.33. The first kappa shape index (κ1) is 17.6. The van der Waals surface area contributed by atoms with Crippen LogP contribution in [-0.4, -0.2) is 18.1 Å². The van der Waals surface area contributed by atoms with E-state index in [1.807, 2.05) is 0 Å². The number of aryl methyl sites for hydroxylation is 3. The molecule has 0 radical (unpaired) electrons. The fraction of sp³-hybridized carbons (Fsp3) is 0.667. The van der Waals surface area contributed by atoms with Gasteiger partial charge in [-0.3, -0.25) is 0 Å². The Hall–Kier alpha value is -0.470. The fourth-order valence-corrected chi connectivity index (χ4v) is 4.08. The summed E-state index contributed by atoms with van der Waals surface area (Å²) in [7, 11) is 0. The van der Waals surface area contributed by atoms with Gasteiger partial charge in [0.2, 0.25) is 0 Å². The summed E-state index contributed by atoms with van der Waals surface area (Å²) < 4.78 is 0. The third kappa shape index (κ3) is 5.49. The Bertz CT molecular complexity index is 389. The van der Waals surface area contributed by atoms with E-state index in [-0.39, 0.29) is 0 Å². The molecule has 0 aliphatic carbocycles. The van der Waals surface area contributed by atoms with Crippen molar-refractivity contribution in [2.75, 3.05) is 18.1 Å². The molecule has 0 heterocycles. The molecule has 1 unspecified atom stereocenters. The normalized spacial score (nSPS) is 12.9. The second kappa shape index (κ2) is 8.74. The lowest BCUT2D eigenvalue weighted by atomic mass is 9.95. The quantitative estimate of drug-likeness (QED) is 0.674. The first-order valence-electron chi connectivity index (χ1n) is 7.84. The molecule has 0 spiro atoms. The topological polar surface area (TPSA) is 12.0 Å². The van der Waals surface area contributed by atoms with Crippen molar-refractivity contribution in [3.05, 3.63) is 34.4 Å². The van der Waals surface area contributed by atoms with Crippen molar-refractivity contribution >= 4 is 11.8 Å². The maximum absolute atomic E-state index is 3.67. The molecule has 114 valence electrons. The summed E-state index contributed by atoms with van der Waals surface area (Å²) in [4.78, 5) is 0. The number of rotatable bonds is 8. The minimum atomic E-state index is 0.484. The molecule has 1 N–H and O–H groups in total. The van der Waals surface area contributed by atoms with Crippen LogP contribution in [0.15, 0.2) is 12.1 Å². The van der Waals surface area contributed by atoms with Crippen molar-refractivity contribution in [1.29, 1.82) is 0 Å². The van der Waals surface area contributed by atoms with E-state index < -0.39 is 0 Å². The van der Waals surface area contributed by atoms with Gasteiger partial charge < -0.3 is 5.32 Å². The van der Waals surface area contributed by atoms with E-state index in [0.717, 1.165) is 12.5 Å². The average molecular weight is 294 g/mol. The summed E-state index contributed by atoms with van der Waals surface area (Å²) in [6.45, 7) is 14.5. The highest BCUT2D eigenvalue weighted by molar-refractivity contribution is 7.99. The molecule has 0 saturated heterocycles. The molecule has 1 rings (SSSR count). The molecule has 1 nitrogen and oxygen atoms in total. The van der Waals surface area contributed by atoms with E-state index in [2.05, 4.69) is 70.8 Å². The van der Waals surface area contributed by atoms with Gasteiger partial charge in [0.1, 0.15) is 0 Å². The molecule has 0 fully saturated rings. The first-order chi connectivity index (χ1) is 9.45. The molecule has 1 aromatic carbocycles. The van der Waals surface area contributed by atoms with Gasteiger partial charge in [0.15, 0.2) is 0 Å². The fourth-order valence-electron chi connectivity index (χ4n) is 2.75. The van der Waals surface area contributed by atoms with Gasteiger partial charge in [-0.1, -0.05) is 38.5 Å². The van der Waals surface area contributed by atoms with E-state index in [1.54, 1.807) is 0 Å². The van der Waals surface area contributed by atoms with Gasteiger partial charge in [-0.2, -0.15) is 11.8 Å². The highest BCUT2D eigenvalue weighted by Crippen LogP contribution is 2.27. The van der Waals surface area contributed by atoms with Crippen LogP contribution in [0.3, 0.4) is 0 Å². The highest BCUT2D eigenvalue weighted by Gasteiger charge is 2.15. The molecule has 0 saturated carbocycles. The summed E-state index contributed by atoms with van der Waals surface area (Å²) in [6, 6.07) is 5.11. The minimum absolute atomic E-state index is 0.484. The SMILES string of the molecule is CCNC(CSCCC(C)C)c1c(C)cc(C)cc1C. The molecule has 20 heavy (non-hydrogen) atoms. The number of hydrogen-bond acceptors (Lipinski definition) is 2. The Labute approximate surface area is 129 Å². The third-order valence-corrected chi connectivity index (χ3v) is 4.75. The van der Waals surface area contributed by atoms with Crippen molar-refractivity contribution in [2.45, 2.75) is 54.0 Å². The lowest BCUT2D eigenvalue weighted by molar-refractivity contribution is 0.597. The largest absolute Gasteiger partial charge is 0.309 e. The van der Waals surface area contributed by atoms with Gasteiger partial charge in [0, 0.05) is 11.8 Å². The van der Waals surface area contributed by atoms with Crippen LogP contribution in [0.2, 0.25) is 0 Å². The maximum atomic E-state index is 3.67. The Morgan fingerprint density at radius 1 is 1.10 bits per heavy atom. The van der Waals surface area contributed by atoms with E-state index in [1.165, 1.54) is 40.2 Å². The lowest BCUT2D eigenvalue weighted by Gasteiger charge is -2.23. The molecule has 0 bridgehead atoms. The summed E-state index contributed by atoms with van der Waals surface area (Å²) in [5.41, 5.74) is 5.73. The molecule has 1 atom stereocenters. The van der Waals surface area contributed by atoms with Gasteiger partial charge in [-0.05, 0) is 62.1 Å². The molecule has 2 heteroatoms. The van der Waals surface area contributed by atoms with Crippen LogP contribution in [-0.2, 0) is 0 Å². The Morgan fingerprint density at radius 3 is 2.20 bits per heavy atom. The molecule has 1 aromatic rings. The zero-order chi connectivity index (χ0) is 15.1. The lowest BCUT2D eigenvalue weighted by Crippen LogP contribution is -2.25. The second-order valence-electron chi connectivity index (χ2n) is 6.18. The van der Waals surface area contributed by atoms with Crippen LogP contribution in [0.25, 0.3) is 0 Å². The standard InChI is InChI=1S/C18H31NS/c1-7-19-17(12-20-9-8-13(2)3)18-15(5)10-14(4)11-16(18)6/h10-11,13,17,19H,7-9,12H2,1-6H3. The van der Waals surface area contributed by atoms with Crippen LogP contribution >= 0.6 is 11.8 Å². The van der Waals surface area contributed by atoms with Gasteiger partial charge in [0.05, 0.1) is 0 Å². The summed E-state index contributed by atoms with van der Waals surface area (Å²) in [5.74, 6) is 3.25. The number of hydrogen-bond donors (Lipinski definition) is 1. The van der Waals surface area contributed by atoms with Crippen LogP contribution in [0.5, 0.6) is 0 Å². The Morgan fingerprint density at radius 2 is 1.70 bits per heavy atom. The number of thioether (sulfide) groups is 1. The van der Waals surface area contributed by atoms with E-state index in [0.29, 0.717) is 6.04 Å². The van der Waals surface area contributed by atoms with Crippen LogP contribution in [0, 0.1) is 26.7 Å². The predicted octanol–water partition coefficient (Wildman–Crippen LogP) is 5.04. The first-order valence-corrected chi connectivity index (χ1v) is 9.00. The van der Waals surface area contributed by atoms with Gasteiger partial charge in [-0.25, -0.2) is 0 Å². The monoisotopic (exact) mass is 293 g/mol. The van der Waals surface area contributed by atoms with E-state index in [4.69, 9.17) is 0 Å². The Kier molecular flexibility index (Phi) is 7.68. The molecular formula is C18H31NS. The predicted molar refractivity (Wildman–Crippen MR) is 93.9 cm³/mol. The number of benzene rings is 1. The zero-order valence-electron chi connectivity index (χ0n) is 14.0. The molecule has 0 amide bonds. The minimum Gasteiger partial charge on any atom is -0.309 e. The van der Waals surface area contributed by atoms with Crippen LogP contribution in [0.1, 0.15) is 55.5 Å². The smallest absolute Gasteiger partial charge is 0.0417 e. The van der Waals surface area contributed by atoms with E-state index >= 15 is 0 Å². The van der Waals surface area contributed by atoms with E-state index in [9.17, 15) is 0 Å². The van der Waals surface area contributed by atoms with Crippen LogP contribution < -0.4 is 5.32 Å². The third-order valence-electron chi connectivity index (χ3n) is 3.66. The van der Waals surface area contributed by atoms with Crippen LogP contribution in [0.4, 0.5) is 0 Å². The highest BCUT2D eigenvalue weighted by atomic mass is 32.2. The van der Waals surface area contributed by atoms with Gasteiger partial charge >= 0.3 is 0 Å². The Balaban J connectivity index is 2.75. The zero-order valence-corrected chi connectivity index (χ0v) is 14.9. The molecule has 0 aliphatic rings. The summed E-state index contributed by atoms with van der Waals surface area (Å²) >= 11 is 2.08. The maximum Gasteiger partial charge on any atom is 0.0417 e. The van der Waals surface area contributed by atoms with Crippen molar-refractivity contribution in [2.24, 2.45) is 5.92 Å². The van der Waals surface area contributed by atoms with Crippen molar-refractivity contribution in [3.8, 4) is 0 Å². The van der Waals surface area contributed by atoms with Crippen molar-refractivity contribution < 1.29 is 0 Å². The molecule has 0 aliphatic heterocycles. The summed E-state index contributed by atoms with van der Waals surface area (Å²) in [5, 5.41) is 3.67. The summed E-state index contributed by atoms with van der Waals surface area (Å²) in [6.07, 6.45) is 1.31. The molecule has 0 aromatic heterocycles. The van der Waals surface area contributed by atoms with Gasteiger partial charge in [0.25, 0.3) is 0 Å². The number of nitrogens with one attached hydrogen (secondary N) is 1. The van der Waals surface area contributed by atoms with Crippen molar-refractivity contribution in [1.82, 2.24) is 5.32 Å². The van der Waals surface area contributed by atoms with Gasteiger partial charge in [-0.15, -0.1) is 0 Å². The molecular weight excluding hydrogens is 262 g/mol.